The summed E-state index contributed by atoms with van der Waals surface area (Å²) in [4.78, 5) is 12.4. The van der Waals surface area contributed by atoms with Gasteiger partial charge >= 0.3 is 0 Å². The van der Waals surface area contributed by atoms with Gasteiger partial charge in [0, 0.05) is 5.39 Å². The molecule has 0 atom stereocenters. The smallest absolute Gasteiger partial charge is 0.291 e. The maximum Gasteiger partial charge on any atom is 0.291 e. The average molecular weight is 297 g/mol. The van der Waals surface area contributed by atoms with E-state index >= 15 is 0 Å². The number of benzene rings is 2. The van der Waals surface area contributed by atoms with Crippen LogP contribution < -0.4 is 14.8 Å². The molecule has 2 aromatic carbocycles. The first-order chi connectivity index (χ1) is 10.7. The lowest BCUT2D eigenvalue weighted by Crippen LogP contribution is -2.11. The third-order valence-electron chi connectivity index (χ3n) is 3.31. The molecule has 3 rings (SSSR count). The Kier molecular flexibility index (Phi) is 3.70. The van der Waals surface area contributed by atoms with Crippen molar-refractivity contribution in [2.45, 2.75) is 0 Å². The number of amides is 1. The van der Waals surface area contributed by atoms with Crippen LogP contribution in [0.15, 0.2) is 52.9 Å². The van der Waals surface area contributed by atoms with Crippen molar-refractivity contribution < 1.29 is 18.7 Å². The summed E-state index contributed by atoms with van der Waals surface area (Å²) in [5, 5.41) is 3.59. The minimum Gasteiger partial charge on any atom is -0.495 e. The molecule has 5 heteroatoms. The van der Waals surface area contributed by atoms with Crippen molar-refractivity contribution in [2.24, 2.45) is 0 Å². The number of nitrogens with one attached hydrogen (secondary N) is 1. The first kappa shape index (κ1) is 14.0. The summed E-state index contributed by atoms with van der Waals surface area (Å²) in [7, 11) is 3.11. The number of hydrogen-bond acceptors (Lipinski definition) is 4. The second-order valence-corrected chi connectivity index (χ2v) is 4.64. The second-order valence-electron chi connectivity index (χ2n) is 4.64. The van der Waals surface area contributed by atoms with Crippen LogP contribution in [-0.4, -0.2) is 20.1 Å². The third kappa shape index (κ3) is 2.48. The van der Waals surface area contributed by atoms with E-state index < -0.39 is 0 Å². The summed E-state index contributed by atoms with van der Waals surface area (Å²) in [6.07, 6.45) is 0. The second kappa shape index (κ2) is 5.81. The molecule has 1 heterocycles. The molecular weight excluding hydrogens is 282 g/mol. The molecule has 0 unspecified atom stereocenters. The number of anilines is 1. The SMILES string of the molecule is COc1ccccc1NC(=O)c1cc2cccc(OC)c2o1. The molecule has 0 aliphatic carbocycles. The van der Waals surface area contributed by atoms with Gasteiger partial charge in [0.25, 0.3) is 5.91 Å². The molecule has 1 amide bonds. The molecule has 3 aromatic rings. The molecule has 0 saturated carbocycles. The molecule has 1 aromatic heterocycles. The first-order valence-corrected chi connectivity index (χ1v) is 6.74. The normalized spacial score (nSPS) is 10.5. The highest BCUT2D eigenvalue weighted by Gasteiger charge is 2.16. The molecule has 0 spiro atoms. The van der Waals surface area contributed by atoms with Gasteiger partial charge in [0.15, 0.2) is 17.1 Å². The van der Waals surface area contributed by atoms with Crippen molar-refractivity contribution in [3.8, 4) is 11.5 Å². The monoisotopic (exact) mass is 297 g/mol. The lowest BCUT2D eigenvalue weighted by molar-refractivity contribution is 0.0998. The highest BCUT2D eigenvalue weighted by atomic mass is 16.5. The van der Waals surface area contributed by atoms with Gasteiger partial charge in [-0.15, -0.1) is 0 Å². The largest absolute Gasteiger partial charge is 0.495 e. The number of ether oxygens (including phenoxy) is 2. The number of methoxy groups -OCH3 is 2. The Morgan fingerprint density at radius 3 is 2.50 bits per heavy atom. The van der Waals surface area contributed by atoms with E-state index in [0.29, 0.717) is 22.8 Å². The van der Waals surface area contributed by atoms with Crippen molar-refractivity contribution >= 4 is 22.6 Å². The molecule has 0 aliphatic heterocycles. The van der Waals surface area contributed by atoms with Gasteiger partial charge in [-0.25, -0.2) is 0 Å². The predicted octanol–water partition coefficient (Wildman–Crippen LogP) is 3.70. The number of para-hydroxylation sites is 3. The highest BCUT2D eigenvalue weighted by molar-refractivity contribution is 6.05. The fourth-order valence-corrected chi connectivity index (χ4v) is 2.24. The molecule has 0 aliphatic rings. The van der Waals surface area contributed by atoms with Gasteiger partial charge in [0.05, 0.1) is 19.9 Å². The molecule has 0 fully saturated rings. The quantitative estimate of drug-likeness (QED) is 0.797. The molecule has 0 radical (unpaired) electrons. The number of hydrogen-bond donors (Lipinski definition) is 1. The number of rotatable bonds is 4. The van der Waals surface area contributed by atoms with Crippen molar-refractivity contribution in [1.29, 1.82) is 0 Å². The summed E-state index contributed by atoms with van der Waals surface area (Å²) >= 11 is 0. The van der Waals surface area contributed by atoms with E-state index in [0.717, 1.165) is 5.39 Å². The topological polar surface area (TPSA) is 60.7 Å². The van der Waals surface area contributed by atoms with Crippen LogP contribution in [0.1, 0.15) is 10.6 Å². The number of carbonyl (C=O) groups is 1. The van der Waals surface area contributed by atoms with E-state index in [4.69, 9.17) is 13.9 Å². The third-order valence-corrected chi connectivity index (χ3v) is 3.31. The van der Waals surface area contributed by atoms with Crippen LogP contribution >= 0.6 is 0 Å². The van der Waals surface area contributed by atoms with Crippen molar-refractivity contribution in [3.63, 3.8) is 0 Å². The van der Waals surface area contributed by atoms with E-state index in [2.05, 4.69) is 5.32 Å². The van der Waals surface area contributed by atoms with Gasteiger partial charge < -0.3 is 19.2 Å². The molecule has 1 N–H and O–H groups in total. The lowest BCUT2D eigenvalue weighted by Gasteiger charge is -2.08. The fraction of sp³-hybridized carbons (Fsp3) is 0.118. The summed E-state index contributed by atoms with van der Waals surface area (Å²) in [6.45, 7) is 0. The Bertz CT molecular complexity index is 822. The zero-order valence-corrected chi connectivity index (χ0v) is 12.3. The van der Waals surface area contributed by atoms with Gasteiger partial charge in [0.1, 0.15) is 5.75 Å². The van der Waals surface area contributed by atoms with Crippen molar-refractivity contribution in [2.75, 3.05) is 19.5 Å². The standard InChI is InChI=1S/C17H15NO4/c1-20-13-8-4-3-7-12(13)18-17(19)15-10-11-6-5-9-14(21-2)16(11)22-15/h3-10H,1-2H3,(H,18,19). The van der Waals surface area contributed by atoms with Crippen LogP contribution in [0.3, 0.4) is 0 Å². The van der Waals surface area contributed by atoms with Gasteiger partial charge in [-0.1, -0.05) is 24.3 Å². The maximum absolute atomic E-state index is 12.4. The Hall–Kier alpha value is -2.95. The average Bonchev–Trinajstić information content (AvgIpc) is 2.99. The minimum absolute atomic E-state index is 0.213. The zero-order valence-electron chi connectivity index (χ0n) is 12.3. The zero-order chi connectivity index (χ0) is 15.5. The Morgan fingerprint density at radius 2 is 1.73 bits per heavy atom. The predicted molar refractivity (Wildman–Crippen MR) is 83.7 cm³/mol. The minimum atomic E-state index is -0.345. The number of carbonyl (C=O) groups excluding carboxylic acids is 1. The molecule has 0 saturated heterocycles. The molecule has 0 bridgehead atoms. The van der Waals surface area contributed by atoms with Crippen LogP contribution in [0.5, 0.6) is 11.5 Å². The lowest BCUT2D eigenvalue weighted by atomic mass is 10.2. The van der Waals surface area contributed by atoms with Gasteiger partial charge in [-0.3, -0.25) is 4.79 Å². The van der Waals surface area contributed by atoms with Crippen molar-refractivity contribution in [3.05, 3.63) is 54.3 Å². The van der Waals surface area contributed by atoms with Crippen LogP contribution in [0.4, 0.5) is 5.69 Å². The van der Waals surface area contributed by atoms with E-state index in [1.165, 1.54) is 0 Å². The Morgan fingerprint density at radius 1 is 1.00 bits per heavy atom. The molecule has 112 valence electrons. The van der Waals surface area contributed by atoms with E-state index in [1.807, 2.05) is 24.3 Å². The Balaban J connectivity index is 1.92. The summed E-state index contributed by atoms with van der Waals surface area (Å²) in [6, 6.07) is 14.4. The van der Waals surface area contributed by atoms with Crippen LogP contribution in [0.25, 0.3) is 11.0 Å². The van der Waals surface area contributed by atoms with Crippen LogP contribution in [0, 0.1) is 0 Å². The fourth-order valence-electron chi connectivity index (χ4n) is 2.24. The highest BCUT2D eigenvalue weighted by Crippen LogP contribution is 2.29. The van der Waals surface area contributed by atoms with E-state index in [-0.39, 0.29) is 11.7 Å². The van der Waals surface area contributed by atoms with Crippen LogP contribution in [0.2, 0.25) is 0 Å². The Labute approximate surface area is 127 Å². The summed E-state index contributed by atoms with van der Waals surface area (Å²) in [5.74, 6) is 1.05. The van der Waals surface area contributed by atoms with Crippen molar-refractivity contribution in [1.82, 2.24) is 0 Å². The molecular formula is C17H15NO4. The van der Waals surface area contributed by atoms with Gasteiger partial charge in [-0.2, -0.15) is 0 Å². The maximum atomic E-state index is 12.4. The molecule has 5 nitrogen and oxygen atoms in total. The van der Waals surface area contributed by atoms with E-state index in [1.54, 1.807) is 38.5 Å². The van der Waals surface area contributed by atoms with E-state index in [9.17, 15) is 4.79 Å². The first-order valence-electron chi connectivity index (χ1n) is 6.74. The van der Waals surface area contributed by atoms with Gasteiger partial charge in [0.2, 0.25) is 0 Å². The van der Waals surface area contributed by atoms with Gasteiger partial charge in [-0.05, 0) is 24.3 Å². The van der Waals surface area contributed by atoms with Crippen LogP contribution in [-0.2, 0) is 0 Å². The molecule has 22 heavy (non-hydrogen) atoms. The number of fused-ring (bicyclic) bond motifs is 1. The summed E-state index contributed by atoms with van der Waals surface area (Å²) in [5.41, 5.74) is 1.14. The number of furan rings is 1. The summed E-state index contributed by atoms with van der Waals surface area (Å²) < 4.78 is 16.1.